The average molecular weight is 345 g/mol. The van der Waals surface area contributed by atoms with Crippen molar-refractivity contribution in [2.75, 3.05) is 0 Å². The van der Waals surface area contributed by atoms with E-state index in [-0.39, 0.29) is 0 Å². The van der Waals surface area contributed by atoms with Crippen LogP contribution in [0.25, 0.3) is 0 Å². The van der Waals surface area contributed by atoms with Crippen molar-refractivity contribution in [3.8, 4) is 0 Å². The highest BCUT2D eigenvalue weighted by Gasteiger charge is 2.31. The lowest BCUT2D eigenvalue weighted by Gasteiger charge is -2.18. The number of hydrazine groups is 1. The van der Waals surface area contributed by atoms with Crippen molar-refractivity contribution in [2.24, 2.45) is 5.84 Å². The maximum atomic E-state index is 12.7. The minimum absolute atomic E-state index is 0.463. The number of alkyl halides is 3. The number of nitrogens with one attached hydrogen (secondary N) is 1. The lowest BCUT2D eigenvalue weighted by molar-refractivity contribution is -0.137. The minimum Gasteiger partial charge on any atom is -0.271 e. The third kappa shape index (κ3) is 3.39. The first-order valence-corrected chi connectivity index (χ1v) is 6.60. The highest BCUT2D eigenvalue weighted by molar-refractivity contribution is 9.10. The fraction of sp³-hybridized carbons (Fsp3) is 0.143. The van der Waals surface area contributed by atoms with E-state index in [0.717, 1.165) is 22.2 Å². The van der Waals surface area contributed by atoms with E-state index >= 15 is 0 Å². The maximum Gasteiger partial charge on any atom is 0.416 e. The second-order valence-corrected chi connectivity index (χ2v) is 5.19. The predicted octanol–water partition coefficient (Wildman–Crippen LogP) is 4.02. The molecule has 3 N–H and O–H groups in total. The van der Waals surface area contributed by atoms with Crippen molar-refractivity contribution in [2.45, 2.75) is 12.2 Å². The van der Waals surface area contributed by atoms with Gasteiger partial charge in [0.1, 0.15) is 0 Å². The molecule has 0 fully saturated rings. The van der Waals surface area contributed by atoms with Gasteiger partial charge in [0.15, 0.2) is 0 Å². The standard InChI is InChI=1S/C14H12BrF3N2/c15-12-6-4-9(5-7-12)13(20-19)10-2-1-3-11(8-10)14(16,17)18/h1-8,13,20H,19H2. The largest absolute Gasteiger partial charge is 0.416 e. The first-order valence-electron chi connectivity index (χ1n) is 5.80. The van der Waals surface area contributed by atoms with Crippen LogP contribution < -0.4 is 11.3 Å². The number of nitrogens with two attached hydrogens (primary N) is 1. The summed E-state index contributed by atoms with van der Waals surface area (Å²) in [6, 6.07) is 11.9. The lowest BCUT2D eigenvalue weighted by atomic mass is 9.97. The van der Waals surface area contributed by atoms with E-state index in [0.29, 0.717) is 5.56 Å². The van der Waals surface area contributed by atoms with Crippen molar-refractivity contribution in [3.63, 3.8) is 0 Å². The highest BCUT2D eigenvalue weighted by Crippen LogP contribution is 2.32. The van der Waals surface area contributed by atoms with Gasteiger partial charge in [0.05, 0.1) is 11.6 Å². The Balaban J connectivity index is 2.39. The molecule has 0 amide bonds. The number of halogens is 4. The van der Waals surface area contributed by atoms with Crippen LogP contribution in [0.3, 0.4) is 0 Å². The van der Waals surface area contributed by atoms with E-state index in [9.17, 15) is 13.2 Å². The molecule has 2 nitrogen and oxygen atoms in total. The van der Waals surface area contributed by atoms with Crippen LogP contribution in [0.2, 0.25) is 0 Å². The molecule has 2 rings (SSSR count). The third-order valence-electron chi connectivity index (χ3n) is 2.92. The molecule has 0 saturated carbocycles. The summed E-state index contributed by atoms with van der Waals surface area (Å²) in [4.78, 5) is 0. The van der Waals surface area contributed by atoms with Gasteiger partial charge in [-0.15, -0.1) is 0 Å². The van der Waals surface area contributed by atoms with Gasteiger partial charge in [-0.05, 0) is 35.4 Å². The molecule has 0 saturated heterocycles. The second-order valence-electron chi connectivity index (χ2n) is 4.27. The van der Waals surface area contributed by atoms with Gasteiger partial charge in [-0.2, -0.15) is 13.2 Å². The monoisotopic (exact) mass is 344 g/mol. The molecule has 0 bridgehead atoms. The molecular formula is C14H12BrF3N2. The summed E-state index contributed by atoms with van der Waals surface area (Å²) in [5.74, 6) is 5.49. The van der Waals surface area contributed by atoms with E-state index in [1.807, 2.05) is 12.1 Å². The Morgan fingerprint density at radius 1 is 1.00 bits per heavy atom. The van der Waals surface area contributed by atoms with Gasteiger partial charge >= 0.3 is 6.18 Å². The highest BCUT2D eigenvalue weighted by atomic mass is 79.9. The molecule has 2 aromatic rings. The molecule has 2 aromatic carbocycles. The van der Waals surface area contributed by atoms with Gasteiger partial charge in [0.2, 0.25) is 0 Å². The normalized spacial score (nSPS) is 13.2. The van der Waals surface area contributed by atoms with Gasteiger partial charge in [0, 0.05) is 4.47 Å². The number of benzene rings is 2. The summed E-state index contributed by atoms with van der Waals surface area (Å²) in [7, 11) is 0. The van der Waals surface area contributed by atoms with Crippen LogP contribution in [0.15, 0.2) is 53.0 Å². The molecule has 0 heterocycles. The summed E-state index contributed by atoms with van der Waals surface area (Å²) in [5, 5.41) is 0. The molecule has 1 atom stereocenters. The Labute approximate surface area is 122 Å². The van der Waals surface area contributed by atoms with Gasteiger partial charge < -0.3 is 0 Å². The summed E-state index contributed by atoms with van der Waals surface area (Å²) in [6.07, 6.45) is -4.37. The molecular weight excluding hydrogens is 333 g/mol. The predicted molar refractivity (Wildman–Crippen MR) is 74.8 cm³/mol. The topological polar surface area (TPSA) is 38.0 Å². The molecule has 0 aliphatic heterocycles. The molecule has 6 heteroatoms. The van der Waals surface area contributed by atoms with Crippen LogP contribution in [0.4, 0.5) is 13.2 Å². The molecule has 20 heavy (non-hydrogen) atoms. The van der Waals surface area contributed by atoms with E-state index in [2.05, 4.69) is 21.4 Å². The Morgan fingerprint density at radius 2 is 1.65 bits per heavy atom. The zero-order valence-electron chi connectivity index (χ0n) is 10.3. The zero-order valence-corrected chi connectivity index (χ0v) is 11.9. The first-order chi connectivity index (χ1) is 9.41. The summed E-state index contributed by atoms with van der Waals surface area (Å²) in [5.41, 5.74) is 3.11. The summed E-state index contributed by atoms with van der Waals surface area (Å²) < 4.78 is 39.1. The molecule has 0 spiro atoms. The maximum absolute atomic E-state index is 12.7. The summed E-state index contributed by atoms with van der Waals surface area (Å²) in [6.45, 7) is 0. The zero-order chi connectivity index (χ0) is 14.8. The van der Waals surface area contributed by atoms with Crippen molar-refractivity contribution < 1.29 is 13.2 Å². The van der Waals surface area contributed by atoms with Crippen LogP contribution >= 0.6 is 15.9 Å². The van der Waals surface area contributed by atoms with Crippen LogP contribution in [0.1, 0.15) is 22.7 Å². The number of hydrogen-bond acceptors (Lipinski definition) is 2. The summed E-state index contributed by atoms with van der Waals surface area (Å²) >= 11 is 3.31. The molecule has 0 radical (unpaired) electrons. The van der Waals surface area contributed by atoms with Gasteiger partial charge in [0.25, 0.3) is 0 Å². The minimum atomic E-state index is -4.37. The fourth-order valence-corrected chi connectivity index (χ4v) is 2.20. The molecule has 106 valence electrons. The van der Waals surface area contributed by atoms with Crippen molar-refractivity contribution in [1.82, 2.24) is 5.43 Å². The average Bonchev–Trinajstić information content (AvgIpc) is 2.41. The molecule has 1 unspecified atom stereocenters. The Bertz CT molecular complexity index is 582. The quantitative estimate of drug-likeness (QED) is 0.651. The Morgan fingerprint density at radius 3 is 2.20 bits per heavy atom. The van der Waals surface area contributed by atoms with Gasteiger partial charge in [-0.3, -0.25) is 5.84 Å². The second kappa shape index (κ2) is 5.95. The smallest absolute Gasteiger partial charge is 0.271 e. The molecule has 0 aliphatic carbocycles. The number of hydrogen-bond donors (Lipinski definition) is 2. The van der Waals surface area contributed by atoms with Gasteiger partial charge in [-0.25, -0.2) is 5.43 Å². The Hall–Kier alpha value is -1.37. The van der Waals surface area contributed by atoms with Crippen molar-refractivity contribution in [3.05, 3.63) is 69.7 Å². The third-order valence-corrected chi connectivity index (χ3v) is 3.45. The van der Waals surface area contributed by atoms with E-state index < -0.39 is 17.8 Å². The van der Waals surface area contributed by atoms with E-state index in [1.54, 1.807) is 18.2 Å². The van der Waals surface area contributed by atoms with Crippen LogP contribution in [0.5, 0.6) is 0 Å². The number of rotatable bonds is 3. The first kappa shape index (κ1) is 15.0. The molecule has 0 aromatic heterocycles. The van der Waals surface area contributed by atoms with Crippen LogP contribution in [-0.2, 0) is 6.18 Å². The van der Waals surface area contributed by atoms with E-state index in [4.69, 9.17) is 5.84 Å². The lowest BCUT2D eigenvalue weighted by Crippen LogP contribution is -2.29. The SMILES string of the molecule is NNC(c1ccc(Br)cc1)c1cccc(C(F)(F)F)c1. The van der Waals surface area contributed by atoms with Gasteiger partial charge in [-0.1, -0.05) is 40.2 Å². The van der Waals surface area contributed by atoms with Crippen molar-refractivity contribution in [1.29, 1.82) is 0 Å². The van der Waals surface area contributed by atoms with E-state index in [1.165, 1.54) is 6.07 Å². The molecule has 0 aliphatic rings. The Kier molecular flexibility index (Phi) is 4.47. The van der Waals surface area contributed by atoms with Crippen LogP contribution in [0, 0.1) is 0 Å². The van der Waals surface area contributed by atoms with Crippen LogP contribution in [-0.4, -0.2) is 0 Å². The fourth-order valence-electron chi connectivity index (χ4n) is 1.93. The van der Waals surface area contributed by atoms with Crippen molar-refractivity contribution >= 4 is 15.9 Å².